The summed E-state index contributed by atoms with van der Waals surface area (Å²) in [5.74, 6) is 1.69. The second-order valence-electron chi connectivity index (χ2n) is 9.11. The Balaban J connectivity index is 1.58. The van der Waals surface area contributed by atoms with Gasteiger partial charge in [-0.15, -0.1) is 0 Å². The number of ether oxygens (including phenoxy) is 2. The van der Waals surface area contributed by atoms with Crippen LogP contribution in [0.2, 0.25) is 0 Å². The van der Waals surface area contributed by atoms with Gasteiger partial charge in [0, 0.05) is 32.6 Å². The lowest BCUT2D eigenvalue weighted by Crippen LogP contribution is -1.97. The van der Waals surface area contributed by atoms with Gasteiger partial charge in [0.05, 0.1) is 17.5 Å². The van der Waals surface area contributed by atoms with Crippen molar-refractivity contribution in [3.8, 4) is 11.5 Å². The molecule has 178 valence electrons. The highest BCUT2D eigenvalue weighted by atomic mass is 32.2. The van der Waals surface area contributed by atoms with Gasteiger partial charge in [0.2, 0.25) is 0 Å². The van der Waals surface area contributed by atoms with Gasteiger partial charge in [-0.3, -0.25) is 0 Å². The number of fused-ring (bicyclic) bond motifs is 5. The molecule has 0 atom stereocenters. The van der Waals surface area contributed by atoms with Crippen LogP contribution in [0.25, 0.3) is 32.6 Å². The quantitative estimate of drug-likeness (QED) is 0.254. The van der Waals surface area contributed by atoms with Crippen molar-refractivity contribution >= 4 is 44.3 Å². The van der Waals surface area contributed by atoms with Crippen molar-refractivity contribution in [2.24, 2.45) is 0 Å². The second kappa shape index (κ2) is 9.29. The summed E-state index contributed by atoms with van der Waals surface area (Å²) in [6.07, 6.45) is 0. The van der Waals surface area contributed by atoms with Crippen molar-refractivity contribution in [3.05, 3.63) is 108 Å². The Morgan fingerprint density at radius 1 is 0.694 bits per heavy atom. The molecule has 0 aliphatic rings. The van der Waals surface area contributed by atoms with Crippen LogP contribution in [0.1, 0.15) is 16.7 Å². The van der Waals surface area contributed by atoms with Gasteiger partial charge in [-0.05, 0) is 54.1 Å². The number of methoxy groups -OCH3 is 1. The lowest BCUT2D eigenvalue weighted by molar-refractivity contribution is 0.310. The highest BCUT2D eigenvalue weighted by Gasteiger charge is 2.18. The van der Waals surface area contributed by atoms with Crippen LogP contribution >= 0.6 is 11.8 Å². The van der Waals surface area contributed by atoms with Crippen LogP contribution in [-0.4, -0.2) is 12.1 Å². The predicted octanol–water partition coefficient (Wildman–Crippen LogP) is 8.83. The van der Waals surface area contributed by atoms with E-state index in [0.717, 1.165) is 43.8 Å². The molecule has 6 aromatic rings. The third-order valence-corrected chi connectivity index (χ3v) is 8.09. The summed E-state index contributed by atoms with van der Waals surface area (Å²) >= 11 is 1.76. The maximum Gasteiger partial charge on any atom is 0.133 e. The zero-order valence-electron chi connectivity index (χ0n) is 20.6. The minimum atomic E-state index is 0.503. The van der Waals surface area contributed by atoms with E-state index in [-0.39, 0.29) is 0 Å². The van der Waals surface area contributed by atoms with Gasteiger partial charge >= 0.3 is 0 Å². The maximum absolute atomic E-state index is 6.42. The molecule has 0 unspecified atom stereocenters. The maximum atomic E-state index is 6.42. The molecule has 3 nitrogen and oxygen atoms in total. The topological polar surface area (TPSA) is 34.2 Å². The fourth-order valence-electron chi connectivity index (χ4n) is 4.90. The summed E-state index contributed by atoms with van der Waals surface area (Å²) in [6.45, 7) is 4.83. The van der Waals surface area contributed by atoms with E-state index in [0.29, 0.717) is 6.61 Å². The fraction of sp³-hybridized carbons (Fsp3) is 0.125. The van der Waals surface area contributed by atoms with E-state index in [1.807, 2.05) is 18.2 Å². The lowest BCUT2D eigenvalue weighted by atomic mass is 10.0. The number of hydrogen-bond donors (Lipinski definition) is 1. The first-order chi connectivity index (χ1) is 17.6. The summed E-state index contributed by atoms with van der Waals surface area (Å²) in [5.41, 5.74) is 5.85. The number of rotatable bonds is 6. The van der Waals surface area contributed by atoms with Crippen LogP contribution in [0.4, 0.5) is 0 Å². The van der Waals surface area contributed by atoms with Crippen molar-refractivity contribution in [2.45, 2.75) is 30.2 Å². The first kappa shape index (κ1) is 22.6. The van der Waals surface area contributed by atoms with Gasteiger partial charge in [0.25, 0.3) is 0 Å². The molecule has 36 heavy (non-hydrogen) atoms. The first-order valence-electron chi connectivity index (χ1n) is 12.1. The van der Waals surface area contributed by atoms with Gasteiger partial charge in [0.15, 0.2) is 0 Å². The number of hydrogen-bond acceptors (Lipinski definition) is 3. The van der Waals surface area contributed by atoms with E-state index in [1.165, 1.54) is 26.8 Å². The Labute approximate surface area is 215 Å². The molecule has 6 rings (SSSR count). The van der Waals surface area contributed by atoms with E-state index in [9.17, 15) is 0 Å². The molecule has 5 aromatic carbocycles. The fourth-order valence-corrected chi connectivity index (χ4v) is 6.00. The molecule has 0 bridgehead atoms. The van der Waals surface area contributed by atoms with Gasteiger partial charge < -0.3 is 14.5 Å². The van der Waals surface area contributed by atoms with Gasteiger partial charge in [0.1, 0.15) is 18.1 Å². The minimum Gasteiger partial charge on any atom is -0.496 e. The SMILES string of the molecule is COc1cc2c(OCc3ccccc3)cc3[nH]c4ccccc4c3c2cc1Sc1c(C)cccc1C. The van der Waals surface area contributed by atoms with Gasteiger partial charge in [-0.2, -0.15) is 0 Å². The average Bonchev–Trinajstić information content (AvgIpc) is 3.28. The molecular weight excluding hydrogens is 462 g/mol. The zero-order chi connectivity index (χ0) is 24.6. The zero-order valence-corrected chi connectivity index (χ0v) is 21.4. The summed E-state index contributed by atoms with van der Waals surface area (Å²) in [4.78, 5) is 5.96. The third-order valence-electron chi connectivity index (χ3n) is 6.71. The van der Waals surface area contributed by atoms with Gasteiger partial charge in [-0.25, -0.2) is 0 Å². The highest BCUT2D eigenvalue weighted by Crippen LogP contribution is 2.45. The Kier molecular flexibility index (Phi) is 5.82. The summed E-state index contributed by atoms with van der Waals surface area (Å²) in [5, 5.41) is 4.62. The Hall–Kier alpha value is -3.89. The van der Waals surface area contributed by atoms with Crippen LogP contribution in [0.5, 0.6) is 11.5 Å². The van der Waals surface area contributed by atoms with E-state index in [2.05, 4.69) is 91.6 Å². The van der Waals surface area contributed by atoms with Crippen molar-refractivity contribution in [2.75, 3.05) is 7.11 Å². The third kappa shape index (κ3) is 3.98. The van der Waals surface area contributed by atoms with Crippen molar-refractivity contribution in [1.82, 2.24) is 4.98 Å². The Bertz CT molecular complexity index is 1700. The van der Waals surface area contributed by atoms with Crippen LogP contribution in [-0.2, 0) is 6.61 Å². The van der Waals surface area contributed by atoms with E-state index in [1.54, 1.807) is 18.9 Å². The van der Waals surface area contributed by atoms with Crippen molar-refractivity contribution in [1.29, 1.82) is 0 Å². The molecule has 0 saturated heterocycles. The number of aryl methyl sites for hydroxylation is 2. The molecule has 0 spiro atoms. The standard InChI is InChI=1S/C32H27NO2S/c1-20-10-9-11-21(2)32(20)36-30-17-25-24(16-29(30)34-3)28(35-19-22-12-5-4-6-13-22)18-27-31(25)23-14-7-8-15-26(23)33-27/h4-18,33H,19H2,1-3H3. The molecule has 1 aromatic heterocycles. The van der Waals surface area contributed by atoms with E-state index < -0.39 is 0 Å². The molecule has 4 heteroatoms. The highest BCUT2D eigenvalue weighted by molar-refractivity contribution is 7.99. The molecular formula is C32H27NO2S. The summed E-state index contributed by atoms with van der Waals surface area (Å²) in [7, 11) is 1.74. The van der Waals surface area contributed by atoms with Crippen molar-refractivity contribution in [3.63, 3.8) is 0 Å². The van der Waals surface area contributed by atoms with E-state index in [4.69, 9.17) is 9.47 Å². The molecule has 0 radical (unpaired) electrons. The van der Waals surface area contributed by atoms with Crippen LogP contribution in [0.3, 0.4) is 0 Å². The summed E-state index contributed by atoms with van der Waals surface area (Å²) < 4.78 is 12.3. The first-order valence-corrected chi connectivity index (χ1v) is 12.9. The average molecular weight is 490 g/mol. The van der Waals surface area contributed by atoms with E-state index >= 15 is 0 Å². The van der Waals surface area contributed by atoms with Crippen LogP contribution in [0.15, 0.2) is 101 Å². The minimum absolute atomic E-state index is 0.503. The molecule has 0 saturated carbocycles. The summed E-state index contributed by atoms with van der Waals surface area (Å²) in [6, 6.07) is 31.7. The number of para-hydroxylation sites is 1. The molecule has 0 fully saturated rings. The smallest absolute Gasteiger partial charge is 0.133 e. The molecule has 1 heterocycles. The number of aromatic nitrogens is 1. The Morgan fingerprint density at radius 2 is 1.44 bits per heavy atom. The van der Waals surface area contributed by atoms with Crippen LogP contribution in [0, 0.1) is 13.8 Å². The molecule has 1 N–H and O–H groups in total. The molecule has 0 aliphatic heterocycles. The number of benzene rings is 5. The van der Waals surface area contributed by atoms with Crippen molar-refractivity contribution < 1.29 is 9.47 Å². The largest absolute Gasteiger partial charge is 0.496 e. The molecule has 0 amide bonds. The second-order valence-corrected chi connectivity index (χ2v) is 10.2. The number of nitrogens with one attached hydrogen (secondary N) is 1. The van der Waals surface area contributed by atoms with Gasteiger partial charge in [-0.1, -0.05) is 78.5 Å². The number of aromatic amines is 1. The monoisotopic (exact) mass is 489 g/mol. The normalized spacial score (nSPS) is 11.4. The predicted molar refractivity (Wildman–Crippen MR) is 151 cm³/mol. The molecule has 0 aliphatic carbocycles. The Morgan fingerprint density at radius 3 is 2.22 bits per heavy atom. The number of H-pyrrole nitrogens is 1. The van der Waals surface area contributed by atoms with Crippen LogP contribution < -0.4 is 9.47 Å². The lowest BCUT2D eigenvalue weighted by Gasteiger charge is -2.16.